The summed E-state index contributed by atoms with van der Waals surface area (Å²) in [5.41, 5.74) is 2.92. The summed E-state index contributed by atoms with van der Waals surface area (Å²) in [6.07, 6.45) is 5.46. The predicted molar refractivity (Wildman–Crippen MR) is 80.6 cm³/mol. The van der Waals surface area contributed by atoms with Crippen molar-refractivity contribution in [2.45, 2.75) is 50.6 Å². The maximum atomic E-state index is 3.71. The number of nitrogens with one attached hydrogen (secondary N) is 1. The van der Waals surface area contributed by atoms with E-state index in [9.17, 15) is 0 Å². The molecule has 0 unspecified atom stereocenters. The highest BCUT2D eigenvalue weighted by atomic mass is 15.2. The van der Waals surface area contributed by atoms with Crippen LogP contribution < -0.4 is 5.32 Å². The van der Waals surface area contributed by atoms with Gasteiger partial charge in [-0.2, -0.15) is 0 Å². The Morgan fingerprint density at radius 2 is 2.05 bits per heavy atom. The summed E-state index contributed by atoms with van der Waals surface area (Å²) in [5.74, 6) is 0.790. The lowest BCUT2D eigenvalue weighted by atomic mass is 9.75. The Balaban J connectivity index is 1.36. The highest BCUT2D eigenvalue weighted by molar-refractivity contribution is 5.27. The summed E-state index contributed by atoms with van der Waals surface area (Å²) in [5, 5.41) is 3.71. The van der Waals surface area contributed by atoms with Gasteiger partial charge in [0, 0.05) is 25.2 Å². The molecule has 1 aromatic rings. The molecule has 2 aliphatic rings. The number of hydrogen-bond acceptors (Lipinski definition) is 2. The Hall–Kier alpha value is -0.860. The van der Waals surface area contributed by atoms with Crippen molar-refractivity contribution >= 4 is 0 Å². The fraction of sp³-hybridized carbons (Fsp3) is 0.647. The van der Waals surface area contributed by atoms with Gasteiger partial charge in [-0.25, -0.2) is 0 Å². The number of nitrogens with zero attached hydrogens (tertiary/aromatic N) is 1. The van der Waals surface area contributed by atoms with Gasteiger partial charge in [0.15, 0.2) is 0 Å². The van der Waals surface area contributed by atoms with Crippen LogP contribution in [0.4, 0.5) is 0 Å². The largest absolute Gasteiger partial charge is 0.313 e. The van der Waals surface area contributed by atoms with Crippen molar-refractivity contribution in [2.24, 2.45) is 0 Å². The van der Waals surface area contributed by atoms with Crippen molar-refractivity contribution < 1.29 is 0 Å². The fourth-order valence-corrected chi connectivity index (χ4v) is 3.12. The minimum Gasteiger partial charge on any atom is -0.313 e. The predicted octanol–water partition coefficient (Wildman–Crippen LogP) is 2.92. The molecule has 0 amide bonds. The van der Waals surface area contributed by atoms with Gasteiger partial charge in [0.1, 0.15) is 0 Å². The average molecular weight is 258 g/mol. The first-order chi connectivity index (χ1) is 9.22. The van der Waals surface area contributed by atoms with E-state index in [1.54, 1.807) is 0 Å². The second-order valence-corrected chi connectivity index (χ2v) is 6.45. The molecule has 0 atom stereocenters. The van der Waals surface area contributed by atoms with Gasteiger partial charge in [-0.15, -0.1) is 0 Å². The Labute approximate surface area is 117 Å². The molecular formula is C17H26N2. The number of likely N-dealkylation sites (N-methyl/N-ethyl adjacent to an activating group) is 1. The highest BCUT2D eigenvalue weighted by Gasteiger charge is 2.30. The Morgan fingerprint density at radius 1 is 1.26 bits per heavy atom. The van der Waals surface area contributed by atoms with Crippen molar-refractivity contribution in [3.63, 3.8) is 0 Å². The number of rotatable bonds is 6. The molecular weight excluding hydrogens is 232 g/mol. The molecule has 0 radical (unpaired) electrons. The fourth-order valence-electron chi connectivity index (χ4n) is 3.12. The van der Waals surface area contributed by atoms with Crippen LogP contribution in [0.5, 0.6) is 0 Å². The maximum absolute atomic E-state index is 3.71. The third kappa shape index (κ3) is 3.37. The Bertz CT molecular complexity index is 419. The molecule has 0 heterocycles. The lowest BCUT2D eigenvalue weighted by Gasteiger charge is -2.37. The van der Waals surface area contributed by atoms with Crippen molar-refractivity contribution in [3.05, 3.63) is 35.4 Å². The number of benzene rings is 1. The number of aryl methyl sites for hydroxylation is 1. The van der Waals surface area contributed by atoms with Crippen LogP contribution in [-0.4, -0.2) is 37.1 Å². The molecule has 2 aliphatic carbocycles. The van der Waals surface area contributed by atoms with Gasteiger partial charge in [0.2, 0.25) is 0 Å². The summed E-state index contributed by atoms with van der Waals surface area (Å²) in [7, 11) is 2.26. The van der Waals surface area contributed by atoms with E-state index in [4.69, 9.17) is 0 Å². The van der Waals surface area contributed by atoms with Crippen LogP contribution in [0.2, 0.25) is 0 Å². The van der Waals surface area contributed by atoms with Gasteiger partial charge in [-0.1, -0.05) is 29.8 Å². The van der Waals surface area contributed by atoms with Crippen molar-refractivity contribution in [1.29, 1.82) is 0 Å². The lowest BCUT2D eigenvalue weighted by Crippen LogP contribution is -2.43. The Morgan fingerprint density at radius 3 is 2.74 bits per heavy atom. The summed E-state index contributed by atoms with van der Waals surface area (Å²) < 4.78 is 0. The van der Waals surface area contributed by atoms with Crippen LogP contribution in [0.15, 0.2) is 24.3 Å². The van der Waals surface area contributed by atoms with Crippen LogP contribution in [0, 0.1) is 6.92 Å². The second kappa shape index (κ2) is 5.64. The van der Waals surface area contributed by atoms with Gasteiger partial charge < -0.3 is 10.2 Å². The van der Waals surface area contributed by atoms with E-state index in [1.165, 1.54) is 43.4 Å². The molecule has 1 N–H and O–H groups in total. The van der Waals surface area contributed by atoms with E-state index in [1.807, 2.05) is 0 Å². The molecule has 0 spiro atoms. The zero-order chi connectivity index (χ0) is 13.2. The molecule has 104 valence electrons. The van der Waals surface area contributed by atoms with Crippen molar-refractivity contribution in [3.8, 4) is 0 Å². The SMILES string of the molecule is Cc1cccc(C2CC(NCCN(C)C3CC3)C2)c1. The van der Waals surface area contributed by atoms with Gasteiger partial charge in [0.25, 0.3) is 0 Å². The van der Waals surface area contributed by atoms with E-state index in [2.05, 4.69) is 48.5 Å². The standard InChI is InChI=1S/C17H26N2/c1-13-4-3-5-14(10-13)15-11-16(12-15)18-8-9-19(2)17-6-7-17/h3-5,10,15-18H,6-9,11-12H2,1-2H3. The first-order valence-corrected chi connectivity index (χ1v) is 7.72. The smallest absolute Gasteiger partial charge is 0.0107 e. The molecule has 2 fully saturated rings. The summed E-state index contributed by atoms with van der Waals surface area (Å²) in [6.45, 7) is 4.54. The topological polar surface area (TPSA) is 15.3 Å². The average Bonchev–Trinajstić information content (AvgIpc) is 3.15. The van der Waals surface area contributed by atoms with Crippen molar-refractivity contribution in [2.75, 3.05) is 20.1 Å². The van der Waals surface area contributed by atoms with Gasteiger partial charge in [-0.05, 0) is 51.1 Å². The minimum atomic E-state index is 0.748. The molecule has 2 heteroatoms. The molecule has 2 nitrogen and oxygen atoms in total. The van der Waals surface area contributed by atoms with Gasteiger partial charge in [-0.3, -0.25) is 0 Å². The zero-order valence-electron chi connectivity index (χ0n) is 12.2. The Kier molecular flexibility index (Phi) is 3.90. The molecule has 3 rings (SSSR count). The van der Waals surface area contributed by atoms with Crippen LogP contribution in [0.1, 0.15) is 42.7 Å². The highest BCUT2D eigenvalue weighted by Crippen LogP contribution is 2.37. The normalized spacial score (nSPS) is 26.5. The quantitative estimate of drug-likeness (QED) is 0.844. The molecule has 1 aromatic carbocycles. The molecule has 0 aliphatic heterocycles. The lowest BCUT2D eigenvalue weighted by molar-refractivity contribution is 0.262. The van der Waals surface area contributed by atoms with Gasteiger partial charge in [0.05, 0.1) is 0 Å². The van der Waals surface area contributed by atoms with Crippen molar-refractivity contribution in [1.82, 2.24) is 10.2 Å². The van der Waals surface area contributed by atoms with E-state index >= 15 is 0 Å². The van der Waals surface area contributed by atoms with Gasteiger partial charge >= 0.3 is 0 Å². The zero-order valence-corrected chi connectivity index (χ0v) is 12.2. The summed E-state index contributed by atoms with van der Waals surface area (Å²) in [6, 6.07) is 10.7. The molecule has 19 heavy (non-hydrogen) atoms. The van der Waals surface area contributed by atoms with Crippen LogP contribution in [0.25, 0.3) is 0 Å². The first kappa shape index (κ1) is 13.1. The number of hydrogen-bond donors (Lipinski definition) is 1. The van der Waals surface area contributed by atoms with E-state index in [0.717, 1.165) is 24.5 Å². The van der Waals surface area contributed by atoms with E-state index in [0.29, 0.717) is 0 Å². The maximum Gasteiger partial charge on any atom is 0.0107 e. The third-order valence-electron chi connectivity index (χ3n) is 4.72. The third-order valence-corrected chi connectivity index (χ3v) is 4.72. The minimum absolute atomic E-state index is 0.748. The summed E-state index contributed by atoms with van der Waals surface area (Å²) in [4.78, 5) is 2.50. The molecule has 2 saturated carbocycles. The van der Waals surface area contributed by atoms with Crippen LogP contribution >= 0.6 is 0 Å². The summed E-state index contributed by atoms with van der Waals surface area (Å²) >= 11 is 0. The first-order valence-electron chi connectivity index (χ1n) is 7.72. The molecule has 0 bridgehead atoms. The molecule has 0 saturated heterocycles. The monoisotopic (exact) mass is 258 g/mol. The van der Waals surface area contributed by atoms with Crippen LogP contribution in [-0.2, 0) is 0 Å². The second-order valence-electron chi connectivity index (χ2n) is 6.45. The van der Waals surface area contributed by atoms with E-state index in [-0.39, 0.29) is 0 Å². The van der Waals surface area contributed by atoms with Crippen LogP contribution in [0.3, 0.4) is 0 Å². The molecule has 0 aromatic heterocycles. The van der Waals surface area contributed by atoms with E-state index < -0.39 is 0 Å².